The van der Waals surface area contributed by atoms with Gasteiger partial charge in [-0.05, 0) is 49.3 Å². The van der Waals surface area contributed by atoms with Gasteiger partial charge in [-0.15, -0.1) is 0 Å². The summed E-state index contributed by atoms with van der Waals surface area (Å²) in [5.41, 5.74) is 4.25. The van der Waals surface area contributed by atoms with Crippen LogP contribution in [0, 0.1) is 0 Å². The van der Waals surface area contributed by atoms with E-state index in [1.54, 1.807) is 0 Å². The van der Waals surface area contributed by atoms with E-state index in [-0.39, 0.29) is 0 Å². The largest absolute Gasteiger partial charge is 0.411 e. The highest BCUT2D eigenvalue weighted by Crippen LogP contribution is 2.22. The molecule has 0 heterocycles. The predicted octanol–water partition coefficient (Wildman–Crippen LogP) is 2.98. The fraction of sp³-hybridized carbons (Fsp3) is 0.429. The Kier molecular flexibility index (Phi) is 3.97. The summed E-state index contributed by atoms with van der Waals surface area (Å²) in [6.07, 6.45) is 5.16. The maximum Gasteiger partial charge on any atom is 0.134 e. The molecule has 18 heavy (non-hydrogen) atoms. The summed E-state index contributed by atoms with van der Waals surface area (Å²) in [5, 5.41) is 24.5. The molecule has 0 unspecified atom stereocenters. The minimum absolute atomic E-state index is 0.355. The van der Waals surface area contributed by atoms with E-state index in [4.69, 9.17) is 10.4 Å². The number of hydrogen-bond donors (Lipinski definition) is 2. The van der Waals surface area contributed by atoms with Gasteiger partial charge in [-0.2, -0.15) is 0 Å². The van der Waals surface area contributed by atoms with Crippen molar-refractivity contribution in [3.05, 3.63) is 34.9 Å². The highest BCUT2D eigenvalue weighted by Gasteiger charge is 2.15. The molecule has 0 amide bonds. The molecular formula is C14H18N2O2. The highest BCUT2D eigenvalue weighted by atomic mass is 16.4. The molecule has 0 bridgehead atoms. The molecule has 4 heteroatoms. The fourth-order valence-electron chi connectivity index (χ4n) is 2.45. The van der Waals surface area contributed by atoms with Gasteiger partial charge in [0.05, 0.1) is 0 Å². The van der Waals surface area contributed by atoms with E-state index in [9.17, 15) is 0 Å². The van der Waals surface area contributed by atoms with Gasteiger partial charge in [-0.3, -0.25) is 0 Å². The summed E-state index contributed by atoms with van der Waals surface area (Å²) >= 11 is 0. The van der Waals surface area contributed by atoms with E-state index in [0.717, 1.165) is 18.4 Å². The van der Waals surface area contributed by atoms with Crippen molar-refractivity contribution in [2.24, 2.45) is 10.3 Å². The first kappa shape index (κ1) is 12.6. The fourth-order valence-corrected chi connectivity index (χ4v) is 2.45. The Balaban J connectivity index is 2.38. The van der Waals surface area contributed by atoms with Crippen LogP contribution in [0.2, 0.25) is 0 Å². The lowest BCUT2D eigenvalue weighted by atomic mass is 9.89. The normalized spacial score (nSPS) is 16.5. The van der Waals surface area contributed by atoms with Gasteiger partial charge >= 0.3 is 0 Å². The minimum atomic E-state index is 0.355. The van der Waals surface area contributed by atoms with Crippen LogP contribution in [0.1, 0.15) is 42.9 Å². The molecule has 1 aromatic rings. The lowest BCUT2D eigenvalue weighted by molar-refractivity contribution is 0.313. The SMILES string of the molecule is CCC(=N\O)/C(=N\O)c1ccc2c(c1)CCCC2. The van der Waals surface area contributed by atoms with Crippen molar-refractivity contribution >= 4 is 11.4 Å². The summed E-state index contributed by atoms with van der Waals surface area (Å²) < 4.78 is 0. The zero-order valence-corrected chi connectivity index (χ0v) is 10.6. The smallest absolute Gasteiger partial charge is 0.134 e. The van der Waals surface area contributed by atoms with Gasteiger partial charge in [0.2, 0.25) is 0 Å². The molecule has 2 rings (SSSR count). The zero-order valence-electron chi connectivity index (χ0n) is 10.6. The average molecular weight is 246 g/mol. The molecule has 0 fully saturated rings. The van der Waals surface area contributed by atoms with Crippen LogP contribution in [0.3, 0.4) is 0 Å². The first-order valence-electron chi connectivity index (χ1n) is 6.35. The minimum Gasteiger partial charge on any atom is -0.411 e. The van der Waals surface area contributed by atoms with Crippen LogP contribution in [0.5, 0.6) is 0 Å². The van der Waals surface area contributed by atoms with Crippen LogP contribution < -0.4 is 0 Å². The second kappa shape index (κ2) is 5.67. The quantitative estimate of drug-likeness (QED) is 0.489. The number of nitrogens with zero attached hydrogens (tertiary/aromatic N) is 2. The summed E-state index contributed by atoms with van der Waals surface area (Å²) in [5.74, 6) is 0. The third-order valence-electron chi connectivity index (χ3n) is 3.45. The molecule has 4 nitrogen and oxygen atoms in total. The number of rotatable bonds is 3. The second-order valence-corrected chi connectivity index (χ2v) is 4.54. The van der Waals surface area contributed by atoms with Crippen molar-refractivity contribution in [1.82, 2.24) is 0 Å². The number of aryl methyl sites for hydroxylation is 2. The highest BCUT2D eigenvalue weighted by molar-refractivity contribution is 6.48. The number of oxime groups is 2. The van der Waals surface area contributed by atoms with Gasteiger partial charge < -0.3 is 10.4 Å². The molecule has 96 valence electrons. The number of fused-ring (bicyclic) bond motifs is 1. The Morgan fingerprint density at radius 3 is 2.44 bits per heavy atom. The van der Waals surface area contributed by atoms with Crippen LogP contribution in [0.15, 0.2) is 28.5 Å². The molecule has 1 aromatic carbocycles. The molecule has 0 saturated heterocycles. The van der Waals surface area contributed by atoms with Crippen molar-refractivity contribution in [2.75, 3.05) is 0 Å². The van der Waals surface area contributed by atoms with Crippen LogP contribution in [0.25, 0.3) is 0 Å². The Labute approximate surface area is 107 Å². The third-order valence-corrected chi connectivity index (χ3v) is 3.45. The van der Waals surface area contributed by atoms with Crippen molar-refractivity contribution in [3.8, 4) is 0 Å². The maximum atomic E-state index is 9.11. The molecule has 0 saturated carbocycles. The van der Waals surface area contributed by atoms with Crippen LogP contribution in [-0.2, 0) is 12.8 Å². The lowest BCUT2D eigenvalue weighted by Gasteiger charge is -2.16. The predicted molar refractivity (Wildman–Crippen MR) is 70.9 cm³/mol. The van der Waals surface area contributed by atoms with Crippen LogP contribution >= 0.6 is 0 Å². The molecule has 1 aliphatic rings. The van der Waals surface area contributed by atoms with Crippen molar-refractivity contribution in [1.29, 1.82) is 0 Å². The van der Waals surface area contributed by atoms with Gasteiger partial charge in [0.15, 0.2) is 0 Å². The topological polar surface area (TPSA) is 65.2 Å². The Morgan fingerprint density at radius 2 is 1.83 bits per heavy atom. The Bertz CT molecular complexity index is 493. The molecule has 0 atom stereocenters. The van der Waals surface area contributed by atoms with E-state index >= 15 is 0 Å². The van der Waals surface area contributed by atoms with Gasteiger partial charge in [-0.25, -0.2) is 0 Å². The summed E-state index contributed by atoms with van der Waals surface area (Å²) in [6.45, 7) is 1.86. The van der Waals surface area contributed by atoms with E-state index < -0.39 is 0 Å². The molecule has 0 radical (unpaired) electrons. The molecule has 0 aromatic heterocycles. The van der Waals surface area contributed by atoms with Gasteiger partial charge in [-0.1, -0.05) is 29.4 Å². The van der Waals surface area contributed by atoms with Crippen molar-refractivity contribution < 1.29 is 10.4 Å². The van der Waals surface area contributed by atoms with Crippen molar-refractivity contribution in [3.63, 3.8) is 0 Å². The van der Waals surface area contributed by atoms with Crippen LogP contribution in [0.4, 0.5) is 0 Å². The Hall–Kier alpha value is -1.84. The standard InChI is InChI=1S/C14H18N2O2/c1-2-13(15-17)14(16-18)12-8-7-10-5-3-4-6-11(10)9-12/h7-9,17-18H,2-6H2,1H3/b15-13+,16-14-. The van der Waals surface area contributed by atoms with Crippen molar-refractivity contribution in [2.45, 2.75) is 39.0 Å². The van der Waals surface area contributed by atoms with E-state index in [1.807, 2.05) is 19.1 Å². The molecule has 0 aliphatic heterocycles. The van der Waals surface area contributed by atoms with E-state index in [1.165, 1.54) is 24.0 Å². The summed E-state index contributed by atoms with van der Waals surface area (Å²) in [4.78, 5) is 0. The zero-order chi connectivity index (χ0) is 13.0. The van der Waals surface area contributed by atoms with Gasteiger partial charge in [0.1, 0.15) is 11.4 Å². The summed E-state index contributed by atoms with van der Waals surface area (Å²) in [7, 11) is 0. The van der Waals surface area contributed by atoms with Gasteiger partial charge in [0.25, 0.3) is 0 Å². The average Bonchev–Trinajstić information content (AvgIpc) is 2.44. The molecule has 1 aliphatic carbocycles. The van der Waals surface area contributed by atoms with E-state index in [0.29, 0.717) is 17.8 Å². The lowest BCUT2D eigenvalue weighted by Crippen LogP contribution is -2.16. The molecule has 0 spiro atoms. The van der Waals surface area contributed by atoms with Gasteiger partial charge in [0, 0.05) is 5.56 Å². The van der Waals surface area contributed by atoms with E-state index in [2.05, 4.69) is 16.4 Å². The third kappa shape index (κ3) is 2.37. The maximum absolute atomic E-state index is 9.11. The number of benzene rings is 1. The first-order chi connectivity index (χ1) is 8.80. The molecular weight excluding hydrogens is 228 g/mol. The Morgan fingerprint density at radius 1 is 1.11 bits per heavy atom. The monoisotopic (exact) mass is 246 g/mol. The molecule has 2 N–H and O–H groups in total. The first-order valence-corrected chi connectivity index (χ1v) is 6.35. The summed E-state index contributed by atoms with van der Waals surface area (Å²) in [6, 6.07) is 6.06. The number of hydrogen-bond acceptors (Lipinski definition) is 4. The van der Waals surface area contributed by atoms with Crippen LogP contribution in [-0.4, -0.2) is 21.8 Å². The second-order valence-electron chi connectivity index (χ2n) is 4.54.